The van der Waals surface area contributed by atoms with E-state index >= 15 is 0 Å². The molecule has 0 aliphatic rings. The molecule has 1 amide bonds. The van der Waals surface area contributed by atoms with Crippen LogP contribution in [0.4, 0.5) is 0 Å². The van der Waals surface area contributed by atoms with Crippen LogP contribution in [0.2, 0.25) is 0 Å². The van der Waals surface area contributed by atoms with Gasteiger partial charge in [0.1, 0.15) is 0 Å². The van der Waals surface area contributed by atoms with Gasteiger partial charge in [-0.25, -0.2) is 12.7 Å². The van der Waals surface area contributed by atoms with Gasteiger partial charge in [-0.3, -0.25) is 4.79 Å². The van der Waals surface area contributed by atoms with Crippen molar-refractivity contribution in [1.29, 1.82) is 0 Å². The predicted molar refractivity (Wildman–Crippen MR) is 74.3 cm³/mol. The summed E-state index contributed by atoms with van der Waals surface area (Å²) in [6.07, 6.45) is 1.16. The standard InChI is InChI=1S/C13H20N2O3S/c1-4-9-14-13(16)10-11-5-7-12(8-6-11)19(17,18)15(2)3/h5-8H,4,9-10H2,1-3H3,(H,14,16). The lowest BCUT2D eigenvalue weighted by Gasteiger charge is -2.11. The van der Waals surface area contributed by atoms with Crippen molar-refractivity contribution in [2.45, 2.75) is 24.7 Å². The average molecular weight is 284 g/mol. The molecule has 5 nitrogen and oxygen atoms in total. The number of benzene rings is 1. The highest BCUT2D eigenvalue weighted by Crippen LogP contribution is 2.14. The third-order valence-electron chi connectivity index (χ3n) is 2.64. The van der Waals surface area contributed by atoms with Crippen molar-refractivity contribution in [2.75, 3.05) is 20.6 Å². The van der Waals surface area contributed by atoms with Crippen LogP contribution in [0.5, 0.6) is 0 Å². The minimum absolute atomic E-state index is 0.0509. The Morgan fingerprint density at radius 2 is 1.79 bits per heavy atom. The number of sulfonamides is 1. The van der Waals surface area contributed by atoms with Crippen molar-refractivity contribution in [3.05, 3.63) is 29.8 Å². The third kappa shape index (κ3) is 4.33. The topological polar surface area (TPSA) is 66.5 Å². The smallest absolute Gasteiger partial charge is 0.242 e. The lowest BCUT2D eigenvalue weighted by atomic mass is 10.1. The Labute approximate surface area is 114 Å². The first-order valence-electron chi connectivity index (χ1n) is 6.16. The Morgan fingerprint density at radius 3 is 2.26 bits per heavy atom. The van der Waals surface area contributed by atoms with E-state index in [9.17, 15) is 13.2 Å². The fraction of sp³-hybridized carbons (Fsp3) is 0.462. The van der Waals surface area contributed by atoms with E-state index in [4.69, 9.17) is 0 Å². The van der Waals surface area contributed by atoms with Gasteiger partial charge in [-0.1, -0.05) is 19.1 Å². The fourth-order valence-electron chi connectivity index (χ4n) is 1.50. The number of nitrogens with one attached hydrogen (secondary N) is 1. The molecule has 1 rings (SSSR count). The molecule has 0 aromatic heterocycles. The van der Waals surface area contributed by atoms with Crippen LogP contribution in [0.3, 0.4) is 0 Å². The maximum absolute atomic E-state index is 11.9. The first-order valence-corrected chi connectivity index (χ1v) is 7.60. The van der Waals surface area contributed by atoms with Gasteiger partial charge in [-0.2, -0.15) is 0 Å². The van der Waals surface area contributed by atoms with Crippen molar-refractivity contribution in [3.63, 3.8) is 0 Å². The highest BCUT2D eigenvalue weighted by atomic mass is 32.2. The van der Waals surface area contributed by atoms with E-state index in [1.54, 1.807) is 12.1 Å². The molecule has 0 fully saturated rings. The normalized spacial score (nSPS) is 11.6. The van der Waals surface area contributed by atoms with E-state index < -0.39 is 10.0 Å². The van der Waals surface area contributed by atoms with Crippen molar-refractivity contribution >= 4 is 15.9 Å². The lowest BCUT2D eigenvalue weighted by Crippen LogP contribution is -2.25. The highest BCUT2D eigenvalue weighted by Gasteiger charge is 2.16. The molecule has 0 atom stereocenters. The number of carbonyl (C=O) groups is 1. The zero-order valence-electron chi connectivity index (χ0n) is 11.5. The van der Waals surface area contributed by atoms with Crippen LogP contribution in [0, 0.1) is 0 Å². The van der Waals surface area contributed by atoms with Gasteiger partial charge >= 0.3 is 0 Å². The fourth-order valence-corrected chi connectivity index (χ4v) is 2.40. The summed E-state index contributed by atoms with van der Waals surface area (Å²) in [5, 5.41) is 2.78. The first kappa shape index (κ1) is 15.7. The molecule has 0 aliphatic heterocycles. The van der Waals surface area contributed by atoms with Crippen LogP contribution < -0.4 is 5.32 Å². The average Bonchev–Trinajstić information content (AvgIpc) is 2.36. The number of hydrogen-bond donors (Lipinski definition) is 1. The second kappa shape index (κ2) is 6.68. The van der Waals surface area contributed by atoms with Gasteiger partial charge in [-0.05, 0) is 24.1 Å². The summed E-state index contributed by atoms with van der Waals surface area (Å²) in [6, 6.07) is 6.39. The van der Waals surface area contributed by atoms with E-state index in [2.05, 4.69) is 5.32 Å². The molecule has 0 saturated heterocycles. The van der Waals surface area contributed by atoms with Crippen LogP contribution in [0.1, 0.15) is 18.9 Å². The molecule has 0 unspecified atom stereocenters. The molecule has 0 bridgehead atoms. The molecular formula is C13H20N2O3S. The molecule has 1 aromatic rings. The van der Waals surface area contributed by atoms with E-state index in [0.717, 1.165) is 16.3 Å². The first-order chi connectivity index (χ1) is 8.87. The van der Waals surface area contributed by atoms with E-state index in [1.165, 1.54) is 26.2 Å². The molecule has 106 valence electrons. The highest BCUT2D eigenvalue weighted by molar-refractivity contribution is 7.89. The second-order valence-corrected chi connectivity index (χ2v) is 6.61. The Hall–Kier alpha value is -1.40. The van der Waals surface area contributed by atoms with Gasteiger partial charge < -0.3 is 5.32 Å². The molecule has 1 N–H and O–H groups in total. The largest absolute Gasteiger partial charge is 0.356 e. The van der Waals surface area contributed by atoms with Gasteiger partial charge in [0, 0.05) is 20.6 Å². The van der Waals surface area contributed by atoms with E-state index in [0.29, 0.717) is 6.54 Å². The zero-order valence-corrected chi connectivity index (χ0v) is 12.3. The van der Waals surface area contributed by atoms with Gasteiger partial charge in [0.05, 0.1) is 11.3 Å². The van der Waals surface area contributed by atoms with Crippen molar-refractivity contribution < 1.29 is 13.2 Å². The summed E-state index contributed by atoms with van der Waals surface area (Å²) in [5.41, 5.74) is 0.798. The Balaban J connectivity index is 2.75. The number of amides is 1. The Bertz CT molecular complexity index is 521. The summed E-state index contributed by atoms with van der Waals surface area (Å²) in [5.74, 6) is -0.0509. The number of rotatable bonds is 6. The summed E-state index contributed by atoms with van der Waals surface area (Å²) >= 11 is 0. The molecule has 6 heteroatoms. The SMILES string of the molecule is CCCNC(=O)Cc1ccc(S(=O)(=O)N(C)C)cc1. The molecule has 1 aromatic carbocycles. The molecule has 0 heterocycles. The van der Waals surface area contributed by atoms with Crippen LogP contribution in [-0.4, -0.2) is 39.3 Å². The summed E-state index contributed by atoms with van der Waals surface area (Å²) in [4.78, 5) is 11.8. The van der Waals surface area contributed by atoms with Crippen molar-refractivity contribution in [3.8, 4) is 0 Å². The van der Waals surface area contributed by atoms with Crippen molar-refractivity contribution in [2.24, 2.45) is 0 Å². The summed E-state index contributed by atoms with van der Waals surface area (Å²) in [6.45, 7) is 2.65. The Kier molecular flexibility index (Phi) is 5.50. The van der Waals surface area contributed by atoms with Crippen LogP contribution in [0.25, 0.3) is 0 Å². The van der Waals surface area contributed by atoms with Crippen molar-refractivity contribution in [1.82, 2.24) is 9.62 Å². The maximum Gasteiger partial charge on any atom is 0.242 e. The molecule has 0 spiro atoms. The van der Waals surface area contributed by atoms with Crippen LogP contribution >= 0.6 is 0 Å². The summed E-state index contributed by atoms with van der Waals surface area (Å²) < 4.78 is 24.9. The maximum atomic E-state index is 11.9. The predicted octanol–water partition coefficient (Wildman–Crippen LogP) is 1.01. The van der Waals surface area contributed by atoms with E-state index in [-0.39, 0.29) is 17.2 Å². The quantitative estimate of drug-likeness (QED) is 0.847. The minimum Gasteiger partial charge on any atom is -0.356 e. The molecule has 0 saturated carbocycles. The van der Waals surface area contributed by atoms with Gasteiger partial charge in [-0.15, -0.1) is 0 Å². The second-order valence-electron chi connectivity index (χ2n) is 4.46. The molecule has 19 heavy (non-hydrogen) atoms. The molecular weight excluding hydrogens is 264 g/mol. The Morgan fingerprint density at radius 1 is 1.21 bits per heavy atom. The third-order valence-corrected chi connectivity index (χ3v) is 4.47. The number of carbonyl (C=O) groups excluding carboxylic acids is 1. The summed E-state index contributed by atoms with van der Waals surface area (Å²) in [7, 11) is -0.428. The number of nitrogens with zero attached hydrogens (tertiary/aromatic N) is 1. The monoisotopic (exact) mass is 284 g/mol. The lowest BCUT2D eigenvalue weighted by molar-refractivity contribution is -0.120. The van der Waals surface area contributed by atoms with E-state index in [1.807, 2.05) is 6.92 Å². The molecule has 0 aliphatic carbocycles. The van der Waals surface area contributed by atoms with Crippen LogP contribution in [-0.2, 0) is 21.2 Å². The number of hydrogen-bond acceptors (Lipinski definition) is 3. The van der Waals surface area contributed by atoms with Gasteiger partial charge in [0.25, 0.3) is 0 Å². The van der Waals surface area contributed by atoms with Gasteiger partial charge in [0.2, 0.25) is 15.9 Å². The zero-order chi connectivity index (χ0) is 14.5. The minimum atomic E-state index is -3.40. The molecule has 0 radical (unpaired) electrons. The van der Waals surface area contributed by atoms with Gasteiger partial charge in [0.15, 0.2) is 0 Å². The van der Waals surface area contributed by atoms with Crippen LogP contribution in [0.15, 0.2) is 29.2 Å².